The number of nitrogens with one attached hydrogen (secondary N) is 2. The van der Waals surface area contributed by atoms with Crippen molar-refractivity contribution in [1.29, 1.82) is 0 Å². The molecule has 204 valence electrons. The summed E-state index contributed by atoms with van der Waals surface area (Å²) in [6.45, 7) is 1.63. The van der Waals surface area contributed by atoms with Crippen molar-refractivity contribution in [2.75, 3.05) is 45.2 Å². The summed E-state index contributed by atoms with van der Waals surface area (Å²) in [5, 5.41) is 17.6. The first-order valence-electron chi connectivity index (χ1n) is 11.3. The van der Waals surface area contributed by atoms with Gasteiger partial charge in [0.1, 0.15) is 23.9 Å². The molecule has 0 spiro atoms. The molecule has 2 amide bonds. The Hall–Kier alpha value is -4.76. The molecule has 0 fully saturated rings. The van der Waals surface area contributed by atoms with Gasteiger partial charge >= 0.3 is 5.63 Å². The Morgan fingerprint density at radius 2 is 1.79 bits per heavy atom. The number of amides is 2. The Labute approximate surface area is 225 Å². The number of benzene rings is 1. The Balaban J connectivity index is 1.69. The van der Waals surface area contributed by atoms with Crippen LogP contribution in [-0.2, 0) is 9.53 Å². The average Bonchev–Trinajstić information content (AvgIpc) is 3.57. The normalized spacial score (nSPS) is 10.7. The predicted molar refractivity (Wildman–Crippen MR) is 140 cm³/mol. The fourth-order valence-electron chi connectivity index (χ4n) is 3.50. The van der Waals surface area contributed by atoms with Crippen molar-refractivity contribution in [3.05, 3.63) is 52.7 Å². The van der Waals surface area contributed by atoms with Gasteiger partial charge in [0.15, 0.2) is 5.76 Å². The van der Waals surface area contributed by atoms with Crippen molar-refractivity contribution < 1.29 is 33.0 Å². The Bertz CT molecular complexity index is 1520. The van der Waals surface area contributed by atoms with Crippen LogP contribution in [0.3, 0.4) is 0 Å². The molecular weight excluding hydrogens is 532 g/mol. The fraction of sp³-hybridized carbons (Fsp3) is 0.250. The van der Waals surface area contributed by atoms with Crippen LogP contribution in [0.2, 0.25) is 0 Å². The highest BCUT2D eigenvalue weighted by atomic mass is 32.1. The molecule has 0 aliphatic rings. The van der Waals surface area contributed by atoms with Crippen molar-refractivity contribution in [2.45, 2.75) is 6.92 Å². The lowest BCUT2D eigenvalue weighted by molar-refractivity contribution is -0.114. The van der Waals surface area contributed by atoms with Gasteiger partial charge in [0.05, 0.1) is 32.6 Å². The highest BCUT2D eigenvalue weighted by Crippen LogP contribution is 2.42. The summed E-state index contributed by atoms with van der Waals surface area (Å²) >= 11 is 0.985. The lowest BCUT2D eigenvalue weighted by atomic mass is 10.0. The number of anilines is 2. The molecule has 0 radical (unpaired) electrons. The third-order valence-electron chi connectivity index (χ3n) is 5.13. The summed E-state index contributed by atoms with van der Waals surface area (Å²) in [5.41, 5.74) is -0.286. The molecule has 4 rings (SSSR count). The van der Waals surface area contributed by atoms with Crippen molar-refractivity contribution in [2.24, 2.45) is 0 Å². The molecule has 3 aromatic heterocycles. The van der Waals surface area contributed by atoms with Crippen LogP contribution in [0, 0.1) is 0 Å². The van der Waals surface area contributed by atoms with E-state index in [1.165, 1.54) is 45.2 Å². The van der Waals surface area contributed by atoms with Crippen LogP contribution in [0.5, 0.6) is 17.2 Å². The number of hydrogen-bond acceptors (Lipinski definition) is 12. The molecule has 0 bridgehead atoms. The van der Waals surface area contributed by atoms with Gasteiger partial charge in [-0.05, 0) is 18.2 Å². The number of hydrogen-bond donors (Lipinski definition) is 2. The van der Waals surface area contributed by atoms with Gasteiger partial charge in [0, 0.05) is 25.7 Å². The van der Waals surface area contributed by atoms with Gasteiger partial charge in [-0.2, -0.15) is 9.78 Å². The zero-order valence-electron chi connectivity index (χ0n) is 21.3. The van der Waals surface area contributed by atoms with Crippen LogP contribution in [0.4, 0.5) is 10.9 Å². The van der Waals surface area contributed by atoms with E-state index in [-0.39, 0.29) is 46.5 Å². The lowest BCUT2D eigenvalue weighted by Crippen LogP contribution is -2.18. The Morgan fingerprint density at radius 3 is 2.46 bits per heavy atom. The minimum Gasteiger partial charge on any atom is -0.496 e. The molecular formula is C24H24N6O8S. The summed E-state index contributed by atoms with van der Waals surface area (Å²) in [6, 6.07) is 8.01. The first-order valence-corrected chi connectivity index (χ1v) is 12.2. The molecule has 0 aliphatic heterocycles. The smallest absolute Gasteiger partial charge is 0.379 e. The number of methoxy groups -OCH3 is 3. The molecule has 39 heavy (non-hydrogen) atoms. The van der Waals surface area contributed by atoms with Crippen molar-refractivity contribution >= 4 is 34.1 Å². The molecule has 0 aliphatic carbocycles. The maximum absolute atomic E-state index is 13.1. The number of nitrogens with zero attached hydrogens (tertiary/aromatic N) is 4. The molecule has 0 saturated heterocycles. The van der Waals surface area contributed by atoms with Gasteiger partial charge in [-0.1, -0.05) is 17.4 Å². The number of carbonyl (C=O) groups excluding carboxylic acids is 2. The summed E-state index contributed by atoms with van der Waals surface area (Å²) in [5.74, 6) is -0.387. The van der Waals surface area contributed by atoms with Gasteiger partial charge in [-0.15, -0.1) is 10.2 Å². The Morgan fingerprint density at radius 1 is 1.05 bits per heavy atom. The molecule has 3 heterocycles. The number of carbonyl (C=O) groups is 2. The Kier molecular flexibility index (Phi) is 8.53. The van der Waals surface area contributed by atoms with E-state index < -0.39 is 11.5 Å². The molecule has 14 nitrogen and oxygen atoms in total. The molecule has 1 aromatic carbocycles. The van der Waals surface area contributed by atoms with E-state index in [2.05, 4.69) is 25.9 Å². The van der Waals surface area contributed by atoms with E-state index in [4.69, 9.17) is 23.4 Å². The molecule has 4 aromatic rings. The van der Waals surface area contributed by atoms with Crippen LogP contribution in [0.1, 0.15) is 17.5 Å². The van der Waals surface area contributed by atoms with Gasteiger partial charge < -0.3 is 28.7 Å². The maximum atomic E-state index is 13.1. The SMILES string of the molecule is COCCOc1c(-c2c(OC)cccc2OC)cc(C(=O)Nc2nnc(-n3nccc3NC(C)=O)s2)oc1=O. The van der Waals surface area contributed by atoms with Crippen LogP contribution in [-0.4, -0.2) is 66.3 Å². The first-order chi connectivity index (χ1) is 18.9. The standard InChI is InChI=1S/C24H24N6O8S/c1-13(31)26-18-8-9-25-30(18)24-29-28-23(39-24)27-21(32)17-12-14(20(22(33)38-17)37-11-10-34-2)19-15(35-3)6-5-7-16(19)36-4/h5-9,12H,10-11H2,1-4H3,(H,26,31)(H,27,28,32). The van der Waals surface area contributed by atoms with Crippen LogP contribution in [0.25, 0.3) is 16.3 Å². The summed E-state index contributed by atoms with van der Waals surface area (Å²) in [7, 11) is 4.43. The van der Waals surface area contributed by atoms with Crippen molar-refractivity contribution in [1.82, 2.24) is 20.0 Å². The molecule has 15 heteroatoms. The van der Waals surface area contributed by atoms with E-state index in [0.717, 1.165) is 11.3 Å². The average molecular weight is 557 g/mol. The van der Waals surface area contributed by atoms with Crippen molar-refractivity contribution in [3.8, 4) is 33.5 Å². The highest BCUT2D eigenvalue weighted by Gasteiger charge is 2.25. The lowest BCUT2D eigenvalue weighted by Gasteiger charge is -2.16. The van der Waals surface area contributed by atoms with Gasteiger partial charge in [-0.3, -0.25) is 14.9 Å². The quantitative estimate of drug-likeness (QED) is 0.260. The second-order valence-electron chi connectivity index (χ2n) is 7.67. The highest BCUT2D eigenvalue weighted by molar-refractivity contribution is 7.17. The predicted octanol–water partition coefficient (Wildman–Crippen LogP) is 2.60. The summed E-state index contributed by atoms with van der Waals surface area (Å²) in [4.78, 5) is 37.6. The monoisotopic (exact) mass is 556 g/mol. The zero-order valence-corrected chi connectivity index (χ0v) is 22.2. The number of ether oxygens (including phenoxy) is 4. The maximum Gasteiger partial charge on any atom is 0.379 e. The fourth-order valence-corrected chi connectivity index (χ4v) is 4.21. The largest absolute Gasteiger partial charge is 0.496 e. The van der Waals surface area contributed by atoms with E-state index in [0.29, 0.717) is 22.9 Å². The minimum atomic E-state index is -0.892. The topological polar surface area (TPSA) is 169 Å². The minimum absolute atomic E-state index is 0.0543. The first kappa shape index (κ1) is 27.3. The van der Waals surface area contributed by atoms with Crippen LogP contribution < -0.4 is 30.5 Å². The van der Waals surface area contributed by atoms with Gasteiger partial charge in [-0.25, -0.2) is 4.79 Å². The second kappa shape index (κ2) is 12.2. The second-order valence-corrected chi connectivity index (χ2v) is 8.63. The molecule has 0 unspecified atom stereocenters. The summed E-state index contributed by atoms with van der Waals surface area (Å²) in [6.07, 6.45) is 1.48. The van der Waals surface area contributed by atoms with E-state index in [1.54, 1.807) is 24.3 Å². The number of aromatic nitrogens is 4. The van der Waals surface area contributed by atoms with E-state index in [1.807, 2.05) is 0 Å². The van der Waals surface area contributed by atoms with Gasteiger partial charge in [0.25, 0.3) is 5.91 Å². The number of rotatable bonds is 11. The van der Waals surface area contributed by atoms with Crippen LogP contribution in [0.15, 0.2) is 45.7 Å². The van der Waals surface area contributed by atoms with E-state index >= 15 is 0 Å². The molecule has 0 saturated carbocycles. The summed E-state index contributed by atoms with van der Waals surface area (Å²) < 4.78 is 28.3. The third kappa shape index (κ3) is 6.05. The van der Waals surface area contributed by atoms with Crippen molar-refractivity contribution in [3.63, 3.8) is 0 Å². The van der Waals surface area contributed by atoms with E-state index in [9.17, 15) is 14.4 Å². The molecule has 0 atom stereocenters. The third-order valence-corrected chi connectivity index (χ3v) is 5.94. The van der Waals surface area contributed by atoms with Gasteiger partial charge in [0.2, 0.25) is 21.9 Å². The zero-order chi connectivity index (χ0) is 27.9. The molecule has 2 N–H and O–H groups in total. The van der Waals surface area contributed by atoms with Crippen LogP contribution >= 0.6 is 11.3 Å².